The standard InChI is InChI=1S/C23H29ClN2O3/c1-6-25-23(28)18(5)26(13-19-8-7-9-20(24)12-19)22(27)14-29-21-11-15(2)10-16(3)17(21)4/h7-12,18H,6,13-14H2,1-5H3,(H,25,28)/t18-/m0/s1. The van der Waals surface area contributed by atoms with Crippen LogP contribution in [-0.4, -0.2) is 35.9 Å². The van der Waals surface area contributed by atoms with Crippen molar-refractivity contribution in [3.8, 4) is 5.75 Å². The molecule has 0 aliphatic rings. The van der Waals surface area contributed by atoms with Gasteiger partial charge in [-0.3, -0.25) is 9.59 Å². The molecule has 2 aromatic rings. The molecule has 0 saturated heterocycles. The summed E-state index contributed by atoms with van der Waals surface area (Å²) in [6.07, 6.45) is 0. The summed E-state index contributed by atoms with van der Waals surface area (Å²) in [6.45, 7) is 10.2. The number of nitrogens with one attached hydrogen (secondary N) is 1. The number of likely N-dealkylation sites (N-methyl/N-ethyl adjacent to an activating group) is 1. The van der Waals surface area contributed by atoms with Gasteiger partial charge in [0.1, 0.15) is 11.8 Å². The molecule has 0 heterocycles. The molecule has 156 valence electrons. The number of benzene rings is 2. The summed E-state index contributed by atoms with van der Waals surface area (Å²) in [4.78, 5) is 26.9. The van der Waals surface area contributed by atoms with Crippen LogP contribution in [0.4, 0.5) is 0 Å². The van der Waals surface area contributed by atoms with Crippen molar-refractivity contribution in [1.82, 2.24) is 10.2 Å². The van der Waals surface area contributed by atoms with Crippen molar-refractivity contribution >= 4 is 23.4 Å². The van der Waals surface area contributed by atoms with Crippen LogP contribution in [0.3, 0.4) is 0 Å². The molecular formula is C23H29ClN2O3. The molecule has 29 heavy (non-hydrogen) atoms. The fraction of sp³-hybridized carbons (Fsp3) is 0.391. The molecule has 0 radical (unpaired) electrons. The number of rotatable bonds is 8. The third kappa shape index (κ3) is 6.23. The Hall–Kier alpha value is -2.53. The van der Waals surface area contributed by atoms with Crippen molar-refractivity contribution in [2.75, 3.05) is 13.2 Å². The number of hydrogen-bond donors (Lipinski definition) is 1. The minimum Gasteiger partial charge on any atom is -0.483 e. The quantitative estimate of drug-likeness (QED) is 0.701. The lowest BCUT2D eigenvalue weighted by molar-refractivity contribution is -0.142. The molecule has 6 heteroatoms. The van der Waals surface area contributed by atoms with Crippen LogP contribution in [0.15, 0.2) is 36.4 Å². The van der Waals surface area contributed by atoms with Crippen molar-refractivity contribution in [2.45, 2.75) is 47.2 Å². The third-order valence-corrected chi connectivity index (χ3v) is 5.11. The third-order valence-electron chi connectivity index (χ3n) is 4.88. The number of halogens is 1. The number of hydrogen-bond acceptors (Lipinski definition) is 3. The van der Waals surface area contributed by atoms with Crippen LogP contribution in [0.2, 0.25) is 5.02 Å². The van der Waals surface area contributed by atoms with E-state index in [9.17, 15) is 9.59 Å². The molecule has 0 fully saturated rings. The van der Waals surface area contributed by atoms with Gasteiger partial charge in [-0.1, -0.05) is 29.8 Å². The normalized spacial score (nSPS) is 11.7. The number of carbonyl (C=O) groups excluding carboxylic acids is 2. The predicted molar refractivity (Wildman–Crippen MR) is 116 cm³/mol. The van der Waals surface area contributed by atoms with E-state index in [0.717, 1.165) is 22.3 Å². The molecule has 0 bridgehead atoms. The van der Waals surface area contributed by atoms with E-state index in [1.807, 2.05) is 45.9 Å². The Morgan fingerprint density at radius 3 is 2.55 bits per heavy atom. The topological polar surface area (TPSA) is 58.6 Å². The Balaban J connectivity index is 2.20. The zero-order valence-electron chi connectivity index (χ0n) is 17.7. The summed E-state index contributed by atoms with van der Waals surface area (Å²) in [7, 11) is 0. The van der Waals surface area contributed by atoms with Crippen LogP contribution in [0.25, 0.3) is 0 Å². The van der Waals surface area contributed by atoms with Gasteiger partial charge in [-0.15, -0.1) is 0 Å². The molecule has 0 saturated carbocycles. The number of amides is 2. The Kier molecular flexibility index (Phi) is 8.09. The van der Waals surface area contributed by atoms with Crippen LogP contribution in [0.1, 0.15) is 36.1 Å². The maximum atomic E-state index is 13.0. The Bertz CT molecular complexity index is 882. The molecule has 2 aromatic carbocycles. The van der Waals surface area contributed by atoms with Crippen molar-refractivity contribution in [3.05, 3.63) is 63.7 Å². The Labute approximate surface area is 178 Å². The molecule has 5 nitrogen and oxygen atoms in total. The van der Waals surface area contributed by atoms with Gasteiger partial charge in [0.15, 0.2) is 6.61 Å². The van der Waals surface area contributed by atoms with Crippen LogP contribution in [-0.2, 0) is 16.1 Å². The van der Waals surface area contributed by atoms with Gasteiger partial charge in [-0.2, -0.15) is 0 Å². The van der Waals surface area contributed by atoms with E-state index in [2.05, 4.69) is 11.4 Å². The minimum atomic E-state index is -0.634. The number of nitrogens with zero attached hydrogens (tertiary/aromatic N) is 1. The lowest BCUT2D eigenvalue weighted by atomic mass is 10.1. The lowest BCUT2D eigenvalue weighted by Gasteiger charge is -2.29. The maximum absolute atomic E-state index is 13.0. The van der Waals surface area contributed by atoms with Gasteiger partial charge in [0.05, 0.1) is 0 Å². The SMILES string of the molecule is CCNC(=O)[C@H](C)N(Cc1cccc(Cl)c1)C(=O)COc1cc(C)cc(C)c1C. The zero-order chi connectivity index (χ0) is 21.6. The van der Waals surface area contributed by atoms with Gasteiger partial charge in [0.2, 0.25) is 5.91 Å². The van der Waals surface area contributed by atoms with Gasteiger partial charge in [-0.05, 0) is 75.1 Å². The molecule has 0 unspecified atom stereocenters. The highest BCUT2D eigenvalue weighted by Gasteiger charge is 2.26. The molecule has 0 aliphatic carbocycles. The first-order valence-corrected chi connectivity index (χ1v) is 10.1. The summed E-state index contributed by atoms with van der Waals surface area (Å²) in [5, 5.41) is 3.36. The first-order chi connectivity index (χ1) is 13.7. The smallest absolute Gasteiger partial charge is 0.261 e. The molecule has 2 rings (SSSR count). The summed E-state index contributed by atoms with van der Waals surface area (Å²) in [5.74, 6) is 0.219. The predicted octanol–water partition coefficient (Wildman–Crippen LogP) is 4.20. The monoisotopic (exact) mass is 416 g/mol. The van der Waals surface area contributed by atoms with Crippen LogP contribution in [0, 0.1) is 20.8 Å². The second-order valence-electron chi connectivity index (χ2n) is 7.22. The fourth-order valence-corrected chi connectivity index (χ4v) is 3.32. The minimum absolute atomic E-state index is 0.145. The zero-order valence-corrected chi connectivity index (χ0v) is 18.5. The highest BCUT2D eigenvalue weighted by Crippen LogP contribution is 2.23. The van der Waals surface area contributed by atoms with Gasteiger partial charge >= 0.3 is 0 Å². The largest absolute Gasteiger partial charge is 0.483 e. The van der Waals surface area contributed by atoms with Crippen molar-refractivity contribution in [2.24, 2.45) is 0 Å². The number of ether oxygens (including phenoxy) is 1. The summed E-state index contributed by atoms with van der Waals surface area (Å²) in [6, 6.07) is 10.6. The van der Waals surface area contributed by atoms with Crippen LogP contribution < -0.4 is 10.1 Å². The second-order valence-corrected chi connectivity index (χ2v) is 7.65. The highest BCUT2D eigenvalue weighted by molar-refractivity contribution is 6.30. The summed E-state index contributed by atoms with van der Waals surface area (Å²) in [5.41, 5.74) is 4.03. The maximum Gasteiger partial charge on any atom is 0.261 e. The molecule has 0 spiro atoms. The van der Waals surface area contributed by atoms with Gasteiger partial charge in [0, 0.05) is 18.1 Å². The van der Waals surface area contributed by atoms with E-state index in [1.54, 1.807) is 19.1 Å². The molecular weight excluding hydrogens is 388 g/mol. The highest BCUT2D eigenvalue weighted by atomic mass is 35.5. The molecule has 0 aromatic heterocycles. The van der Waals surface area contributed by atoms with Crippen molar-refractivity contribution in [3.63, 3.8) is 0 Å². The number of carbonyl (C=O) groups is 2. The van der Waals surface area contributed by atoms with Gasteiger partial charge < -0.3 is 15.0 Å². The van der Waals surface area contributed by atoms with Crippen molar-refractivity contribution in [1.29, 1.82) is 0 Å². The summed E-state index contributed by atoms with van der Waals surface area (Å²) < 4.78 is 5.84. The first-order valence-electron chi connectivity index (χ1n) is 9.75. The average Bonchev–Trinajstić information content (AvgIpc) is 2.67. The Morgan fingerprint density at radius 1 is 1.17 bits per heavy atom. The Morgan fingerprint density at radius 2 is 1.90 bits per heavy atom. The fourth-order valence-electron chi connectivity index (χ4n) is 3.11. The van der Waals surface area contributed by atoms with E-state index in [-0.39, 0.29) is 25.0 Å². The molecule has 1 N–H and O–H groups in total. The molecule has 1 atom stereocenters. The van der Waals surface area contributed by atoms with E-state index < -0.39 is 6.04 Å². The average molecular weight is 417 g/mol. The lowest BCUT2D eigenvalue weighted by Crippen LogP contribution is -2.49. The van der Waals surface area contributed by atoms with Gasteiger partial charge in [0.25, 0.3) is 5.91 Å². The van der Waals surface area contributed by atoms with E-state index in [0.29, 0.717) is 17.3 Å². The van der Waals surface area contributed by atoms with Crippen molar-refractivity contribution < 1.29 is 14.3 Å². The second kappa shape index (κ2) is 10.3. The van der Waals surface area contributed by atoms with E-state index >= 15 is 0 Å². The van der Waals surface area contributed by atoms with Gasteiger partial charge in [-0.25, -0.2) is 0 Å². The first kappa shape index (κ1) is 22.8. The van der Waals surface area contributed by atoms with Crippen LogP contribution >= 0.6 is 11.6 Å². The van der Waals surface area contributed by atoms with E-state index in [4.69, 9.17) is 16.3 Å². The van der Waals surface area contributed by atoms with E-state index in [1.165, 1.54) is 4.90 Å². The van der Waals surface area contributed by atoms with Crippen LogP contribution in [0.5, 0.6) is 5.75 Å². The molecule has 2 amide bonds. The number of aryl methyl sites for hydroxylation is 2. The summed E-state index contributed by atoms with van der Waals surface area (Å²) >= 11 is 6.08. The molecule has 0 aliphatic heterocycles.